The molecule has 0 fully saturated rings. The van der Waals surface area contributed by atoms with E-state index < -0.39 is 28.5 Å². The summed E-state index contributed by atoms with van der Waals surface area (Å²) >= 11 is 6.44. The van der Waals surface area contributed by atoms with Gasteiger partial charge in [-0.3, -0.25) is 4.79 Å². The molecule has 0 saturated heterocycles. The molecule has 0 aliphatic carbocycles. The maximum absolute atomic E-state index is 12.9. The fourth-order valence-corrected chi connectivity index (χ4v) is 2.91. The Morgan fingerprint density at radius 1 is 1.14 bits per heavy atom. The molecule has 1 N–H and O–H groups in total. The van der Waals surface area contributed by atoms with Crippen LogP contribution in [0.3, 0.4) is 0 Å². The van der Waals surface area contributed by atoms with Gasteiger partial charge in [0.15, 0.2) is 0 Å². The van der Waals surface area contributed by atoms with Gasteiger partial charge in [-0.1, -0.05) is 23.4 Å². The van der Waals surface area contributed by atoms with E-state index in [1.165, 1.54) is 30.3 Å². The van der Waals surface area contributed by atoms with Crippen LogP contribution < -0.4 is 5.32 Å². The maximum Gasteiger partial charge on any atom is 0.417 e. The number of hydrogen-bond acceptors (Lipinski definition) is 5. The highest BCUT2D eigenvalue weighted by Crippen LogP contribution is 2.36. The number of rotatable bonds is 5. The lowest BCUT2D eigenvalue weighted by atomic mass is 10.2. The first kappa shape index (κ1) is 20.2. The summed E-state index contributed by atoms with van der Waals surface area (Å²) in [5.41, 5.74) is -0.577. The number of amides is 1. The Labute approximate surface area is 165 Å². The molecule has 5 nitrogen and oxygen atoms in total. The number of anilines is 1. The van der Waals surface area contributed by atoms with Gasteiger partial charge in [-0.2, -0.15) is 13.2 Å². The number of thioether (sulfide) groups is 1. The van der Waals surface area contributed by atoms with Crippen LogP contribution in [0, 0.1) is 5.82 Å². The molecule has 0 unspecified atom stereocenters. The minimum atomic E-state index is -4.63. The number of nitrogens with one attached hydrogen (secondary N) is 1. The first-order valence-corrected chi connectivity index (χ1v) is 8.97. The molecule has 1 amide bonds. The Bertz CT molecular complexity index is 993. The fourth-order valence-electron chi connectivity index (χ4n) is 2.12. The standard InChI is InChI=1S/C17H10ClF4N3O2S/c18-13-6-5-11(7-12(13)17(20,21)22)23-14(26)8-28-16-25-24-15(27-16)9-1-3-10(19)4-2-9/h1-7H,8H2,(H,23,26). The molecule has 2 aromatic carbocycles. The number of aromatic nitrogens is 2. The predicted octanol–water partition coefficient (Wildman–Crippen LogP) is 5.28. The fraction of sp³-hybridized carbons (Fsp3) is 0.118. The molecule has 0 atom stereocenters. The third kappa shape index (κ3) is 5.02. The number of benzene rings is 2. The Balaban J connectivity index is 1.60. The van der Waals surface area contributed by atoms with Gasteiger partial charge in [-0.25, -0.2) is 4.39 Å². The van der Waals surface area contributed by atoms with Crippen molar-refractivity contribution in [2.24, 2.45) is 0 Å². The van der Waals surface area contributed by atoms with Crippen molar-refractivity contribution in [1.82, 2.24) is 10.2 Å². The van der Waals surface area contributed by atoms with E-state index in [4.69, 9.17) is 16.0 Å². The normalized spacial score (nSPS) is 11.5. The van der Waals surface area contributed by atoms with Gasteiger partial charge in [0.1, 0.15) is 5.82 Å². The minimum Gasteiger partial charge on any atom is -0.411 e. The Morgan fingerprint density at radius 2 is 1.86 bits per heavy atom. The van der Waals surface area contributed by atoms with Gasteiger partial charge in [-0.05, 0) is 42.5 Å². The Kier molecular flexibility index (Phi) is 5.90. The van der Waals surface area contributed by atoms with Gasteiger partial charge in [0, 0.05) is 11.3 Å². The molecule has 1 aromatic heterocycles. The van der Waals surface area contributed by atoms with Crippen LogP contribution in [0.2, 0.25) is 5.02 Å². The molecule has 11 heteroatoms. The Hall–Kier alpha value is -2.59. The summed E-state index contributed by atoms with van der Waals surface area (Å²) in [4.78, 5) is 12.0. The molecular formula is C17H10ClF4N3O2S. The van der Waals surface area contributed by atoms with Gasteiger partial charge in [0.2, 0.25) is 11.8 Å². The third-order valence-electron chi connectivity index (χ3n) is 3.38. The molecular weight excluding hydrogens is 422 g/mol. The second-order valence-electron chi connectivity index (χ2n) is 5.41. The zero-order valence-electron chi connectivity index (χ0n) is 13.8. The van der Waals surface area contributed by atoms with Crippen LogP contribution in [-0.4, -0.2) is 21.9 Å². The highest BCUT2D eigenvalue weighted by molar-refractivity contribution is 7.99. The van der Waals surface area contributed by atoms with Crippen molar-refractivity contribution in [2.45, 2.75) is 11.4 Å². The number of carbonyl (C=O) groups is 1. The van der Waals surface area contributed by atoms with Crippen LogP contribution in [0.5, 0.6) is 0 Å². The average Bonchev–Trinajstić information content (AvgIpc) is 3.10. The van der Waals surface area contributed by atoms with Gasteiger partial charge >= 0.3 is 6.18 Å². The number of alkyl halides is 3. The number of nitrogens with zero attached hydrogens (tertiary/aromatic N) is 2. The SMILES string of the molecule is O=C(CSc1nnc(-c2ccc(F)cc2)o1)Nc1ccc(Cl)c(C(F)(F)F)c1. The first-order chi connectivity index (χ1) is 13.2. The van der Waals surface area contributed by atoms with E-state index in [9.17, 15) is 22.4 Å². The summed E-state index contributed by atoms with van der Waals surface area (Å²) in [5.74, 6) is -1.00. The predicted molar refractivity (Wildman–Crippen MR) is 95.5 cm³/mol. The summed E-state index contributed by atoms with van der Waals surface area (Å²) < 4.78 is 56.8. The summed E-state index contributed by atoms with van der Waals surface area (Å²) in [7, 11) is 0. The van der Waals surface area contributed by atoms with Crippen molar-refractivity contribution in [2.75, 3.05) is 11.1 Å². The van der Waals surface area contributed by atoms with Crippen molar-refractivity contribution >= 4 is 35.0 Å². The average molecular weight is 432 g/mol. The van der Waals surface area contributed by atoms with Crippen LogP contribution in [0.25, 0.3) is 11.5 Å². The topological polar surface area (TPSA) is 68.0 Å². The molecule has 1 heterocycles. The summed E-state index contributed by atoms with van der Waals surface area (Å²) in [6, 6.07) is 8.47. The molecule has 0 aliphatic heterocycles. The van der Waals surface area contributed by atoms with Crippen molar-refractivity contribution in [3.63, 3.8) is 0 Å². The van der Waals surface area contributed by atoms with Crippen LogP contribution in [0.15, 0.2) is 52.1 Å². The van der Waals surface area contributed by atoms with Crippen molar-refractivity contribution in [3.05, 3.63) is 58.9 Å². The minimum absolute atomic E-state index is 0.0418. The van der Waals surface area contributed by atoms with E-state index >= 15 is 0 Å². The lowest BCUT2D eigenvalue weighted by Gasteiger charge is -2.11. The Morgan fingerprint density at radius 3 is 2.54 bits per heavy atom. The van der Waals surface area contributed by atoms with E-state index in [0.29, 0.717) is 5.56 Å². The van der Waals surface area contributed by atoms with Crippen molar-refractivity contribution < 1.29 is 26.8 Å². The van der Waals surface area contributed by atoms with E-state index in [0.717, 1.165) is 23.9 Å². The molecule has 0 spiro atoms. The van der Waals surface area contributed by atoms with Crippen molar-refractivity contribution in [3.8, 4) is 11.5 Å². The quantitative estimate of drug-likeness (QED) is 0.440. The molecule has 0 bridgehead atoms. The third-order valence-corrected chi connectivity index (χ3v) is 4.53. The van der Waals surface area contributed by atoms with Gasteiger partial charge in [0.25, 0.3) is 5.22 Å². The molecule has 28 heavy (non-hydrogen) atoms. The molecule has 0 radical (unpaired) electrons. The van der Waals surface area contributed by atoms with Gasteiger partial charge < -0.3 is 9.73 Å². The van der Waals surface area contributed by atoms with E-state index in [1.807, 2.05) is 0 Å². The number of hydrogen-bond donors (Lipinski definition) is 1. The summed E-state index contributed by atoms with van der Waals surface area (Å²) in [5, 5.41) is 9.53. The van der Waals surface area contributed by atoms with Crippen LogP contribution in [-0.2, 0) is 11.0 Å². The second-order valence-corrected chi connectivity index (χ2v) is 6.74. The molecule has 146 valence electrons. The molecule has 0 aliphatic rings. The van der Waals surface area contributed by atoms with E-state index in [-0.39, 0.29) is 22.6 Å². The maximum atomic E-state index is 12.9. The number of carbonyl (C=O) groups excluding carboxylic acids is 1. The zero-order chi connectivity index (χ0) is 20.3. The highest BCUT2D eigenvalue weighted by Gasteiger charge is 2.33. The molecule has 3 rings (SSSR count). The van der Waals surface area contributed by atoms with E-state index in [1.54, 1.807) is 0 Å². The second kappa shape index (κ2) is 8.19. The van der Waals surface area contributed by atoms with Crippen LogP contribution in [0.1, 0.15) is 5.56 Å². The highest BCUT2D eigenvalue weighted by atomic mass is 35.5. The molecule has 0 saturated carbocycles. The summed E-state index contributed by atoms with van der Waals surface area (Å²) in [6.07, 6.45) is -4.63. The smallest absolute Gasteiger partial charge is 0.411 e. The first-order valence-electron chi connectivity index (χ1n) is 7.61. The van der Waals surface area contributed by atoms with Crippen molar-refractivity contribution in [1.29, 1.82) is 0 Å². The lowest BCUT2D eigenvalue weighted by Crippen LogP contribution is -2.15. The van der Waals surface area contributed by atoms with E-state index in [2.05, 4.69) is 15.5 Å². The molecule has 3 aromatic rings. The monoisotopic (exact) mass is 431 g/mol. The van der Waals surface area contributed by atoms with Crippen LogP contribution in [0.4, 0.5) is 23.2 Å². The summed E-state index contributed by atoms with van der Waals surface area (Å²) in [6.45, 7) is 0. The largest absolute Gasteiger partial charge is 0.417 e. The van der Waals surface area contributed by atoms with Gasteiger partial charge in [0.05, 0.1) is 16.3 Å². The van der Waals surface area contributed by atoms with Crippen LogP contribution >= 0.6 is 23.4 Å². The lowest BCUT2D eigenvalue weighted by molar-refractivity contribution is -0.137. The van der Waals surface area contributed by atoms with Gasteiger partial charge in [-0.15, -0.1) is 10.2 Å². The number of halogens is 5. The zero-order valence-corrected chi connectivity index (χ0v) is 15.3.